The number of anilines is 2. The average molecular weight is 220 g/mol. The van der Waals surface area contributed by atoms with Crippen molar-refractivity contribution in [1.29, 1.82) is 0 Å². The van der Waals surface area contributed by atoms with E-state index in [1.807, 2.05) is 18.2 Å². The molecule has 0 aromatic carbocycles. The summed E-state index contributed by atoms with van der Waals surface area (Å²) in [7, 11) is 0. The second-order valence-electron chi connectivity index (χ2n) is 4.42. The van der Waals surface area contributed by atoms with Crippen LogP contribution >= 0.6 is 0 Å². The molecular weight excluding hydrogens is 200 g/mol. The predicted octanol–water partition coefficient (Wildman–Crippen LogP) is 2.36. The van der Waals surface area contributed by atoms with Crippen molar-refractivity contribution in [2.75, 3.05) is 17.3 Å². The summed E-state index contributed by atoms with van der Waals surface area (Å²) in [4.78, 5) is 4.31. The minimum atomic E-state index is 0.700. The maximum absolute atomic E-state index is 5.31. The molecule has 0 unspecified atom stereocenters. The fourth-order valence-electron chi connectivity index (χ4n) is 2.32. The normalized spacial score (nSPS) is 16.3. The van der Waals surface area contributed by atoms with Crippen molar-refractivity contribution < 1.29 is 0 Å². The van der Waals surface area contributed by atoms with E-state index in [0.717, 1.165) is 18.3 Å². The Morgan fingerprint density at radius 3 is 2.75 bits per heavy atom. The molecule has 4 N–H and O–H groups in total. The third-order valence-electron chi connectivity index (χ3n) is 3.23. The molecule has 0 amide bonds. The smallest absolute Gasteiger partial charge is 0.142 e. The Morgan fingerprint density at radius 2 is 2.00 bits per heavy atom. The van der Waals surface area contributed by atoms with Crippen LogP contribution in [0.1, 0.15) is 32.1 Å². The van der Waals surface area contributed by atoms with Crippen molar-refractivity contribution in [3.8, 4) is 0 Å². The van der Waals surface area contributed by atoms with E-state index in [4.69, 9.17) is 5.84 Å². The number of nitrogens with one attached hydrogen (secondary N) is 2. The largest absolute Gasteiger partial charge is 0.370 e. The highest BCUT2D eigenvalue weighted by Crippen LogP contribution is 2.27. The number of rotatable bonds is 5. The molecule has 1 fully saturated rings. The molecule has 16 heavy (non-hydrogen) atoms. The van der Waals surface area contributed by atoms with Gasteiger partial charge in [0.15, 0.2) is 0 Å². The number of aromatic nitrogens is 1. The molecule has 4 heteroatoms. The van der Waals surface area contributed by atoms with E-state index in [-0.39, 0.29) is 0 Å². The zero-order chi connectivity index (χ0) is 11.2. The molecule has 0 bridgehead atoms. The number of nitrogen functional groups attached to an aromatic ring is 1. The summed E-state index contributed by atoms with van der Waals surface area (Å²) in [6, 6.07) is 5.76. The average Bonchev–Trinajstić information content (AvgIpc) is 2.82. The molecule has 2 rings (SSSR count). The van der Waals surface area contributed by atoms with E-state index in [2.05, 4.69) is 15.7 Å². The zero-order valence-corrected chi connectivity index (χ0v) is 9.58. The fourth-order valence-corrected chi connectivity index (χ4v) is 2.32. The van der Waals surface area contributed by atoms with Crippen molar-refractivity contribution in [2.45, 2.75) is 32.1 Å². The van der Waals surface area contributed by atoms with Crippen LogP contribution in [0.25, 0.3) is 0 Å². The molecule has 0 saturated heterocycles. The molecule has 1 aliphatic carbocycles. The summed E-state index contributed by atoms with van der Waals surface area (Å²) in [5, 5.41) is 3.34. The molecule has 1 aromatic heterocycles. The Kier molecular flexibility index (Phi) is 3.99. The first-order valence-corrected chi connectivity index (χ1v) is 6.06. The maximum Gasteiger partial charge on any atom is 0.142 e. The van der Waals surface area contributed by atoms with Crippen molar-refractivity contribution in [3.05, 3.63) is 18.2 Å². The van der Waals surface area contributed by atoms with Gasteiger partial charge in [-0.2, -0.15) is 0 Å². The second-order valence-corrected chi connectivity index (χ2v) is 4.42. The van der Waals surface area contributed by atoms with E-state index >= 15 is 0 Å². The third-order valence-corrected chi connectivity index (χ3v) is 3.23. The number of nitrogens with zero attached hydrogens (tertiary/aromatic N) is 1. The van der Waals surface area contributed by atoms with Crippen LogP contribution in [0.2, 0.25) is 0 Å². The monoisotopic (exact) mass is 220 g/mol. The summed E-state index contributed by atoms with van der Waals surface area (Å²) in [6.07, 6.45) is 6.88. The first-order chi connectivity index (χ1) is 7.88. The molecule has 4 nitrogen and oxygen atoms in total. The standard InChI is InChI=1S/C12H20N4/c13-16-12-7-3-6-11(15-12)14-9-8-10-4-1-2-5-10/h3,6-7,10H,1-2,4-5,8-9,13H2,(H2,14,15,16). The van der Waals surface area contributed by atoms with Crippen molar-refractivity contribution in [3.63, 3.8) is 0 Å². The maximum atomic E-state index is 5.31. The van der Waals surface area contributed by atoms with Gasteiger partial charge < -0.3 is 10.7 Å². The van der Waals surface area contributed by atoms with Crippen molar-refractivity contribution in [1.82, 2.24) is 4.98 Å². The highest BCUT2D eigenvalue weighted by atomic mass is 15.3. The quantitative estimate of drug-likeness (QED) is 0.526. The van der Waals surface area contributed by atoms with Crippen LogP contribution in [0.3, 0.4) is 0 Å². The highest BCUT2D eigenvalue weighted by Gasteiger charge is 2.13. The Balaban J connectivity index is 1.75. The minimum absolute atomic E-state index is 0.700. The number of nitrogens with two attached hydrogens (primary N) is 1. The Labute approximate surface area is 96.6 Å². The van der Waals surface area contributed by atoms with E-state index in [0.29, 0.717) is 5.82 Å². The molecular formula is C12H20N4. The molecule has 1 aromatic rings. The molecule has 1 aliphatic rings. The molecule has 1 heterocycles. The lowest BCUT2D eigenvalue weighted by molar-refractivity contribution is 0.518. The van der Waals surface area contributed by atoms with Gasteiger partial charge in [-0.25, -0.2) is 10.8 Å². The van der Waals surface area contributed by atoms with Crippen LogP contribution in [0.15, 0.2) is 18.2 Å². The predicted molar refractivity (Wildman–Crippen MR) is 67.1 cm³/mol. The van der Waals surface area contributed by atoms with Gasteiger partial charge in [0.1, 0.15) is 11.6 Å². The van der Waals surface area contributed by atoms with E-state index in [9.17, 15) is 0 Å². The zero-order valence-electron chi connectivity index (χ0n) is 9.58. The Hall–Kier alpha value is -1.29. The van der Waals surface area contributed by atoms with Crippen LogP contribution in [0.5, 0.6) is 0 Å². The topological polar surface area (TPSA) is 63.0 Å². The van der Waals surface area contributed by atoms with Gasteiger partial charge in [-0.05, 0) is 24.5 Å². The van der Waals surface area contributed by atoms with Crippen LogP contribution in [-0.4, -0.2) is 11.5 Å². The van der Waals surface area contributed by atoms with E-state index in [1.165, 1.54) is 32.1 Å². The van der Waals surface area contributed by atoms with Gasteiger partial charge in [-0.15, -0.1) is 0 Å². The summed E-state index contributed by atoms with van der Waals surface area (Å²) < 4.78 is 0. The van der Waals surface area contributed by atoms with Crippen LogP contribution in [-0.2, 0) is 0 Å². The number of hydrogen-bond acceptors (Lipinski definition) is 4. The fraction of sp³-hybridized carbons (Fsp3) is 0.583. The van der Waals surface area contributed by atoms with Gasteiger partial charge in [0.25, 0.3) is 0 Å². The summed E-state index contributed by atoms with van der Waals surface area (Å²) >= 11 is 0. The van der Waals surface area contributed by atoms with Crippen LogP contribution in [0.4, 0.5) is 11.6 Å². The number of hydrazine groups is 1. The summed E-state index contributed by atoms with van der Waals surface area (Å²) in [5.41, 5.74) is 2.55. The van der Waals surface area contributed by atoms with Gasteiger partial charge >= 0.3 is 0 Å². The van der Waals surface area contributed by atoms with Gasteiger partial charge in [-0.3, -0.25) is 0 Å². The Morgan fingerprint density at radius 1 is 1.25 bits per heavy atom. The molecule has 0 atom stereocenters. The lowest BCUT2D eigenvalue weighted by atomic mass is 10.0. The number of hydrogen-bond donors (Lipinski definition) is 3. The van der Waals surface area contributed by atoms with Crippen molar-refractivity contribution >= 4 is 11.6 Å². The van der Waals surface area contributed by atoms with E-state index in [1.54, 1.807) is 0 Å². The molecule has 1 saturated carbocycles. The van der Waals surface area contributed by atoms with Gasteiger partial charge in [0, 0.05) is 6.54 Å². The first-order valence-electron chi connectivity index (χ1n) is 6.06. The first kappa shape index (κ1) is 11.2. The summed E-state index contributed by atoms with van der Waals surface area (Å²) in [6.45, 7) is 1.01. The van der Waals surface area contributed by atoms with E-state index < -0.39 is 0 Å². The Bertz CT molecular complexity index is 321. The van der Waals surface area contributed by atoms with Crippen LogP contribution in [0, 0.1) is 5.92 Å². The summed E-state index contributed by atoms with van der Waals surface area (Å²) in [5.74, 6) is 7.82. The molecule has 0 aliphatic heterocycles. The molecule has 88 valence electrons. The van der Waals surface area contributed by atoms with Gasteiger partial charge in [0.05, 0.1) is 0 Å². The molecule has 0 spiro atoms. The SMILES string of the molecule is NNc1cccc(NCCC2CCCC2)n1. The third kappa shape index (κ3) is 3.10. The second kappa shape index (κ2) is 5.70. The van der Waals surface area contributed by atoms with Crippen molar-refractivity contribution in [2.24, 2.45) is 11.8 Å². The van der Waals surface area contributed by atoms with Crippen LogP contribution < -0.4 is 16.6 Å². The lowest BCUT2D eigenvalue weighted by Gasteiger charge is -2.10. The van der Waals surface area contributed by atoms with Gasteiger partial charge in [0.2, 0.25) is 0 Å². The lowest BCUT2D eigenvalue weighted by Crippen LogP contribution is -2.11. The number of pyridine rings is 1. The minimum Gasteiger partial charge on any atom is -0.370 e. The van der Waals surface area contributed by atoms with Gasteiger partial charge in [-0.1, -0.05) is 31.7 Å². The highest BCUT2D eigenvalue weighted by molar-refractivity contribution is 5.44. The molecule has 0 radical (unpaired) electrons.